The van der Waals surface area contributed by atoms with Crippen molar-refractivity contribution in [1.82, 2.24) is 9.55 Å². The number of anilines is 1. The summed E-state index contributed by atoms with van der Waals surface area (Å²) in [6, 6.07) is 5.71. The summed E-state index contributed by atoms with van der Waals surface area (Å²) in [6.07, 6.45) is 0. The number of thioether (sulfide) groups is 1. The second kappa shape index (κ2) is 7.55. The van der Waals surface area contributed by atoms with Crippen LogP contribution in [-0.4, -0.2) is 21.2 Å². The van der Waals surface area contributed by atoms with Crippen molar-refractivity contribution in [3.63, 3.8) is 0 Å². The molecule has 0 unspecified atom stereocenters. The van der Waals surface area contributed by atoms with E-state index >= 15 is 0 Å². The van der Waals surface area contributed by atoms with Crippen LogP contribution in [0.1, 0.15) is 6.92 Å². The Labute approximate surface area is 155 Å². The molecule has 0 saturated carbocycles. The van der Waals surface area contributed by atoms with E-state index in [1.807, 2.05) is 12.3 Å². The van der Waals surface area contributed by atoms with Crippen molar-refractivity contribution < 1.29 is 9.18 Å². The molecular weight excluding hydrogens is 385 g/mol. The predicted molar refractivity (Wildman–Crippen MR) is 100 cm³/mol. The first-order valence-electron chi connectivity index (χ1n) is 7.35. The Morgan fingerprint density at radius 1 is 1.44 bits per heavy atom. The van der Waals surface area contributed by atoms with Gasteiger partial charge >= 0.3 is 0 Å². The van der Waals surface area contributed by atoms with Gasteiger partial charge in [-0.1, -0.05) is 23.4 Å². The maximum atomic E-state index is 13.7. The average molecular weight is 398 g/mol. The lowest BCUT2D eigenvalue weighted by Crippen LogP contribution is -2.22. The highest BCUT2D eigenvalue weighted by Crippen LogP contribution is 2.22. The molecule has 0 atom stereocenters. The molecule has 0 saturated heterocycles. The third-order valence-electron chi connectivity index (χ3n) is 3.38. The summed E-state index contributed by atoms with van der Waals surface area (Å²) in [6.45, 7) is 2.29. The van der Waals surface area contributed by atoms with Gasteiger partial charge in [0.05, 0.1) is 17.0 Å². The van der Waals surface area contributed by atoms with Crippen molar-refractivity contribution in [3.05, 3.63) is 50.8 Å². The topological polar surface area (TPSA) is 64.0 Å². The summed E-state index contributed by atoms with van der Waals surface area (Å²) in [7, 11) is 0. The maximum Gasteiger partial charge on any atom is 0.272 e. The Balaban J connectivity index is 1.77. The monoisotopic (exact) mass is 397 g/mol. The Hall–Kier alpha value is -1.90. The number of benzene rings is 1. The highest BCUT2D eigenvalue weighted by molar-refractivity contribution is 7.99. The zero-order valence-corrected chi connectivity index (χ0v) is 15.5. The molecule has 0 aliphatic heterocycles. The van der Waals surface area contributed by atoms with Crippen LogP contribution < -0.4 is 10.9 Å². The third-order valence-corrected chi connectivity index (χ3v) is 5.49. The number of hydrogen-bond donors (Lipinski definition) is 1. The van der Waals surface area contributed by atoms with Crippen LogP contribution in [0.2, 0.25) is 5.02 Å². The van der Waals surface area contributed by atoms with Crippen LogP contribution in [0.15, 0.2) is 39.6 Å². The van der Waals surface area contributed by atoms with Crippen LogP contribution in [0.3, 0.4) is 0 Å². The highest BCUT2D eigenvalue weighted by Gasteiger charge is 2.14. The van der Waals surface area contributed by atoms with Gasteiger partial charge in [-0.05, 0) is 36.6 Å². The van der Waals surface area contributed by atoms with Crippen molar-refractivity contribution in [2.45, 2.75) is 18.6 Å². The van der Waals surface area contributed by atoms with Crippen molar-refractivity contribution in [3.8, 4) is 0 Å². The summed E-state index contributed by atoms with van der Waals surface area (Å²) in [4.78, 5) is 28.9. The molecule has 0 bridgehead atoms. The van der Waals surface area contributed by atoms with Crippen molar-refractivity contribution >= 4 is 56.5 Å². The van der Waals surface area contributed by atoms with Gasteiger partial charge < -0.3 is 5.32 Å². The number of nitrogens with one attached hydrogen (secondary N) is 1. The second-order valence-electron chi connectivity index (χ2n) is 5.04. The predicted octanol–water partition coefficient (Wildman–Crippen LogP) is 4.00. The number of thiophene rings is 1. The van der Waals surface area contributed by atoms with Crippen LogP contribution >= 0.6 is 34.7 Å². The number of nitrogens with zero attached hydrogens (tertiary/aromatic N) is 2. The quantitative estimate of drug-likeness (QED) is 0.522. The van der Waals surface area contributed by atoms with Gasteiger partial charge in [-0.25, -0.2) is 9.37 Å². The van der Waals surface area contributed by atoms with Crippen molar-refractivity contribution in [2.75, 3.05) is 11.1 Å². The minimum Gasteiger partial charge on any atom is -0.323 e. The van der Waals surface area contributed by atoms with Gasteiger partial charge in [0.1, 0.15) is 10.5 Å². The molecule has 2 heterocycles. The lowest BCUT2D eigenvalue weighted by atomic mass is 10.3. The minimum atomic E-state index is -0.564. The number of fused-ring (bicyclic) bond motifs is 1. The van der Waals surface area contributed by atoms with Gasteiger partial charge in [0.2, 0.25) is 5.91 Å². The molecule has 2 aromatic heterocycles. The maximum absolute atomic E-state index is 13.7. The van der Waals surface area contributed by atoms with Gasteiger partial charge in [0.25, 0.3) is 5.56 Å². The van der Waals surface area contributed by atoms with E-state index in [1.165, 1.54) is 34.1 Å². The fourth-order valence-electron chi connectivity index (χ4n) is 2.22. The molecule has 0 aliphatic carbocycles. The van der Waals surface area contributed by atoms with Gasteiger partial charge in [-0.2, -0.15) is 0 Å². The SMILES string of the molecule is CCn1c(SCC(=O)Nc2cc(Cl)ccc2F)nc2ccsc2c1=O. The van der Waals surface area contributed by atoms with Crippen LogP contribution in [-0.2, 0) is 11.3 Å². The van der Waals surface area contributed by atoms with E-state index in [0.717, 1.165) is 11.8 Å². The summed E-state index contributed by atoms with van der Waals surface area (Å²) in [5, 5.41) is 5.07. The molecule has 0 aliphatic rings. The van der Waals surface area contributed by atoms with Crippen molar-refractivity contribution in [2.24, 2.45) is 0 Å². The van der Waals surface area contributed by atoms with E-state index in [9.17, 15) is 14.0 Å². The second-order valence-corrected chi connectivity index (χ2v) is 7.33. The Morgan fingerprint density at radius 3 is 3.00 bits per heavy atom. The number of hydrogen-bond acceptors (Lipinski definition) is 5. The molecule has 130 valence electrons. The first-order chi connectivity index (χ1) is 12.0. The molecular formula is C16H13ClFN3O2S2. The highest BCUT2D eigenvalue weighted by atomic mass is 35.5. The molecule has 1 amide bonds. The van der Waals surface area contributed by atoms with Gasteiger partial charge in [0.15, 0.2) is 5.16 Å². The number of halogens is 2. The fraction of sp³-hybridized carbons (Fsp3) is 0.188. The number of rotatable bonds is 5. The molecule has 9 heteroatoms. The summed E-state index contributed by atoms with van der Waals surface area (Å²) in [5.74, 6) is -0.979. The Bertz CT molecular complexity index is 1000. The molecule has 0 fully saturated rings. The third kappa shape index (κ3) is 3.86. The summed E-state index contributed by atoms with van der Waals surface area (Å²) in [5.41, 5.74) is 0.516. The van der Waals surface area contributed by atoms with Gasteiger partial charge in [-0.3, -0.25) is 14.2 Å². The van der Waals surface area contributed by atoms with Crippen LogP contribution in [0.4, 0.5) is 10.1 Å². The fourth-order valence-corrected chi connectivity index (χ4v) is 4.04. The standard InChI is InChI=1S/C16H13ClFN3O2S2/c1-2-21-15(23)14-11(5-6-24-14)20-16(21)25-8-13(22)19-12-7-9(17)3-4-10(12)18/h3-7H,2,8H2,1H3,(H,19,22). The summed E-state index contributed by atoms with van der Waals surface area (Å²) >= 11 is 8.28. The summed E-state index contributed by atoms with van der Waals surface area (Å²) < 4.78 is 15.8. The Morgan fingerprint density at radius 2 is 2.24 bits per heavy atom. The lowest BCUT2D eigenvalue weighted by Gasteiger charge is -2.10. The lowest BCUT2D eigenvalue weighted by molar-refractivity contribution is -0.113. The number of amides is 1. The normalized spacial score (nSPS) is 11.0. The Kier molecular flexibility index (Phi) is 5.41. The smallest absolute Gasteiger partial charge is 0.272 e. The van der Waals surface area contributed by atoms with Gasteiger partial charge in [-0.15, -0.1) is 11.3 Å². The number of aromatic nitrogens is 2. The van der Waals surface area contributed by atoms with Crippen LogP contribution in [0, 0.1) is 5.82 Å². The van der Waals surface area contributed by atoms with E-state index in [2.05, 4.69) is 10.3 Å². The van der Waals surface area contributed by atoms with E-state index in [4.69, 9.17) is 11.6 Å². The molecule has 3 rings (SSSR count). The molecule has 3 aromatic rings. The number of carbonyl (C=O) groups excluding carboxylic acids is 1. The van der Waals surface area contributed by atoms with E-state index in [0.29, 0.717) is 26.9 Å². The van der Waals surface area contributed by atoms with Crippen molar-refractivity contribution in [1.29, 1.82) is 0 Å². The molecule has 0 spiro atoms. The van der Waals surface area contributed by atoms with Crippen LogP contribution in [0.5, 0.6) is 0 Å². The average Bonchev–Trinajstić information content (AvgIpc) is 3.05. The van der Waals surface area contributed by atoms with Crippen LogP contribution in [0.25, 0.3) is 10.2 Å². The van der Waals surface area contributed by atoms with E-state index < -0.39 is 11.7 Å². The van der Waals surface area contributed by atoms with Gasteiger partial charge in [0, 0.05) is 11.6 Å². The minimum absolute atomic E-state index is 0.00592. The molecule has 5 nitrogen and oxygen atoms in total. The van der Waals surface area contributed by atoms with E-state index in [-0.39, 0.29) is 17.0 Å². The number of carbonyl (C=O) groups is 1. The first kappa shape index (κ1) is 17.9. The van der Waals surface area contributed by atoms with E-state index in [1.54, 1.807) is 6.07 Å². The molecule has 1 N–H and O–H groups in total. The molecule has 1 aromatic carbocycles. The zero-order chi connectivity index (χ0) is 18.0. The largest absolute Gasteiger partial charge is 0.323 e. The first-order valence-corrected chi connectivity index (χ1v) is 9.59. The zero-order valence-electron chi connectivity index (χ0n) is 13.1. The molecule has 0 radical (unpaired) electrons. The molecule has 25 heavy (non-hydrogen) atoms.